The van der Waals surface area contributed by atoms with Gasteiger partial charge in [0.15, 0.2) is 0 Å². The molecule has 2 amide bonds. The maximum Gasteiger partial charge on any atom is 0.333 e. The molecule has 1 aromatic rings. The average Bonchev–Trinajstić information content (AvgIpc) is 3.29. The lowest BCUT2D eigenvalue weighted by atomic mass is 9.99. The van der Waals surface area contributed by atoms with E-state index in [1.165, 1.54) is 22.3 Å². The molecule has 1 unspecified atom stereocenters. The van der Waals surface area contributed by atoms with Crippen LogP contribution >= 0.6 is 0 Å². The number of aryl methyl sites for hydroxylation is 2. The van der Waals surface area contributed by atoms with E-state index in [0.717, 1.165) is 75.6 Å². The molecule has 27 heavy (non-hydrogen) atoms. The number of fused-ring (bicyclic) bond motifs is 2. The Labute approximate surface area is 160 Å². The first-order valence-electron chi connectivity index (χ1n) is 9.91. The van der Waals surface area contributed by atoms with Crippen LogP contribution in [-0.2, 0) is 35.7 Å². The molecule has 3 aliphatic rings. The number of carbonyl (C=O) groups is 1. The van der Waals surface area contributed by atoms with Gasteiger partial charge >= 0.3 is 6.03 Å². The molecule has 1 heterocycles. The zero-order valence-corrected chi connectivity index (χ0v) is 16.3. The minimum atomic E-state index is -3.80. The van der Waals surface area contributed by atoms with Gasteiger partial charge in [0.05, 0.1) is 0 Å². The van der Waals surface area contributed by atoms with Gasteiger partial charge in [0.1, 0.15) is 0 Å². The van der Waals surface area contributed by atoms with Crippen molar-refractivity contribution in [3.05, 3.63) is 39.8 Å². The summed E-state index contributed by atoms with van der Waals surface area (Å²) in [7, 11) is -3.80. The van der Waals surface area contributed by atoms with Gasteiger partial charge in [0.25, 0.3) is 10.0 Å². The van der Waals surface area contributed by atoms with E-state index in [-0.39, 0.29) is 5.92 Å². The number of hydrogen-bond acceptors (Lipinski definition) is 4. The van der Waals surface area contributed by atoms with Crippen molar-refractivity contribution in [3.8, 4) is 0 Å². The minimum Gasteiger partial charge on any atom is -0.316 e. The molecule has 2 aliphatic carbocycles. The SMILES string of the molecule is O=C(Nc1c2c(cc3c1CCC3)CCC2)NS(=O)(=O)/C=C/C1CCCNC1. The number of urea groups is 1. The monoisotopic (exact) mass is 389 g/mol. The fourth-order valence-corrected chi connectivity index (χ4v) is 5.33. The zero-order chi connectivity index (χ0) is 18.9. The van der Waals surface area contributed by atoms with E-state index in [4.69, 9.17) is 0 Å². The summed E-state index contributed by atoms with van der Waals surface area (Å²) in [5.41, 5.74) is 5.83. The number of carbonyl (C=O) groups excluding carboxylic acids is 1. The smallest absolute Gasteiger partial charge is 0.316 e. The molecule has 0 aromatic heterocycles. The second kappa shape index (κ2) is 7.64. The maximum absolute atomic E-state index is 12.4. The van der Waals surface area contributed by atoms with Gasteiger partial charge in [-0.25, -0.2) is 17.9 Å². The van der Waals surface area contributed by atoms with Crippen LogP contribution in [0.15, 0.2) is 17.6 Å². The summed E-state index contributed by atoms with van der Waals surface area (Å²) in [6.45, 7) is 1.75. The number of rotatable bonds is 4. The van der Waals surface area contributed by atoms with Gasteiger partial charge in [-0.2, -0.15) is 0 Å². The van der Waals surface area contributed by atoms with Gasteiger partial charge in [-0.1, -0.05) is 12.1 Å². The highest BCUT2D eigenvalue weighted by Gasteiger charge is 2.25. The molecule has 1 aromatic carbocycles. The summed E-state index contributed by atoms with van der Waals surface area (Å²) in [6, 6.07) is 1.61. The lowest BCUT2D eigenvalue weighted by Gasteiger charge is -2.19. The van der Waals surface area contributed by atoms with Crippen LogP contribution < -0.4 is 15.4 Å². The average molecular weight is 390 g/mol. The topological polar surface area (TPSA) is 87.3 Å². The van der Waals surface area contributed by atoms with Gasteiger partial charge in [-0.3, -0.25) is 0 Å². The molecule has 0 radical (unpaired) electrons. The molecule has 7 heteroatoms. The first-order chi connectivity index (χ1) is 13.0. The van der Waals surface area contributed by atoms with Crippen LogP contribution in [0.4, 0.5) is 10.5 Å². The number of sulfonamides is 1. The largest absolute Gasteiger partial charge is 0.333 e. The zero-order valence-electron chi connectivity index (χ0n) is 15.5. The Kier molecular flexibility index (Phi) is 5.23. The Balaban J connectivity index is 1.46. The third-order valence-corrected chi connectivity index (χ3v) is 6.80. The van der Waals surface area contributed by atoms with E-state index in [9.17, 15) is 13.2 Å². The number of anilines is 1. The molecule has 4 rings (SSSR count). The van der Waals surface area contributed by atoms with E-state index in [2.05, 4.69) is 21.4 Å². The van der Waals surface area contributed by atoms with E-state index < -0.39 is 16.1 Å². The number of piperidine rings is 1. The second-order valence-electron chi connectivity index (χ2n) is 7.77. The van der Waals surface area contributed by atoms with Gasteiger partial charge in [-0.15, -0.1) is 0 Å². The van der Waals surface area contributed by atoms with Crippen LogP contribution in [0.3, 0.4) is 0 Å². The Morgan fingerprint density at radius 3 is 2.41 bits per heavy atom. The molecular formula is C20H27N3O3S. The van der Waals surface area contributed by atoms with E-state index in [0.29, 0.717) is 0 Å². The summed E-state index contributed by atoms with van der Waals surface area (Å²) < 4.78 is 26.7. The number of benzene rings is 1. The fourth-order valence-electron chi connectivity index (χ4n) is 4.53. The predicted octanol–water partition coefficient (Wildman–Crippen LogP) is 2.63. The Morgan fingerprint density at radius 2 is 1.78 bits per heavy atom. The first kappa shape index (κ1) is 18.5. The maximum atomic E-state index is 12.4. The molecular weight excluding hydrogens is 362 g/mol. The summed E-state index contributed by atoms with van der Waals surface area (Å²) in [6.07, 6.45) is 9.82. The van der Waals surface area contributed by atoms with Crippen molar-refractivity contribution in [1.29, 1.82) is 0 Å². The van der Waals surface area contributed by atoms with Crippen molar-refractivity contribution in [3.63, 3.8) is 0 Å². The van der Waals surface area contributed by atoms with Gasteiger partial charge < -0.3 is 10.6 Å². The molecule has 3 N–H and O–H groups in total. The lowest BCUT2D eigenvalue weighted by Crippen LogP contribution is -2.34. The normalized spacial score (nSPS) is 21.9. The molecule has 0 spiro atoms. The molecule has 1 saturated heterocycles. The van der Waals surface area contributed by atoms with Crippen LogP contribution in [0, 0.1) is 5.92 Å². The number of nitrogens with one attached hydrogen (secondary N) is 3. The highest BCUT2D eigenvalue weighted by molar-refractivity contribution is 7.92. The van der Waals surface area contributed by atoms with Crippen molar-refractivity contribution in [2.45, 2.75) is 51.4 Å². The summed E-state index contributed by atoms with van der Waals surface area (Å²) in [5, 5.41) is 7.24. The molecule has 146 valence electrons. The molecule has 1 fully saturated rings. The molecule has 6 nitrogen and oxygen atoms in total. The number of hydrogen-bond donors (Lipinski definition) is 3. The van der Waals surface area contributed by atoms with Crippen LogP contribution in [-0.4, -0.2) is 27.5 Å². The van der Waals surface area contributed by atoms with Crippen LogP contribution in [0.25, 0.3) is 0 Å². The second-order valence-corrected chi connectivity index (χ2v) is 9.34. The van der Waals surface area contributed by atoms with Crippen LogP contribution in [0.5, 0.6) is 0 Å². The fraction of sp³-hybridized carbons (Fsp3) is 0.550. The summed E-state index contributed by atoms with van der Waals surface area (Å²) in [5.74, 6) is 0.194. The highest BCUT2D eigenvalue weighted by Crippen LogP contribution is 2.38. The highest BCUT2D eigenvalue weighted by atomic mass is 32.2. The summed E-state index contributed by atoms with van der Waals surface area (Å²) in [4.78, 5) is 12.4. The third-order valence-electron chi connectivity index (χ3n) is 5.81. The van der Waals surface area contributed by atoms with Crippen molar-refractivity contribution in [2.24, 2.45) is 5.92 Å². The Morgan fingerprint density at radius 1 is 1.07 bits per heavy atom. The lowest BCUT2D eigenvalue weighted by molar-refractivity contribution is 0.256. The molecule has 1 atom stereocenters. The Hall–Kier alpha value is -1.86. The van der Waals surface area contributed by atoms with Gasteiger partial charge in [0.2, 0.25) is 0 Å². The van der Waals surface area contributed by atoms with Crippen molar-refractivity contribution in [1.82, 2.24) is 10.0 Å². The van der Waals surface area contributed by atoms with E-state index in [1.54, 1.807) is 6.08 Å². The summed E-state index contributed by atoms with van der Waals surface area (Å²) >= 11 is 0. The Bertz CT molecular complexity index is 839. The molecule has 0 saturated carbocycles. The van der Waals surface area contributed by atoms with Crippen molar-refractivity contribution in [2.75, 3.05) is 18.4 Å². The van der Waals surface area contributed by atoms with Gasteiger partial charge in [-0.05, 0) is 86.1 Å². The quantitative estimate of drug-likeness (QED) is 0.739. The minimum absolute atomic E-state index is 0.194. The van der Waals surface area contributed by atoms with Crippen molar-refractivity contribution < 1.29 is 13.2 Å². The predicted molar refractivity (Wildman–Crippen MR) is 106 cm³/mol. The first-order valence-corrected chi connectivity index (χ1v) is 11.5. The van der Waals surface area contributed by atoms with Crippen molar-refractivity contribution >= 4 is 21.7 Å². The number of amides is 2. The van der Waals surface area contributed by atoms with Crippen LogP contribution in [0.1, 0.15) is 47.9 Å². The van der Waals surface area contributed by atoms with E-state index >= 15 is 0 Å². The standard InChI is InChI=1S/C20H27N3O3S/c24-20(23-27(25,26)11-9-14-4-3-10-21-13-14)22-19-17-7-1-5-15(17)12-16-6-2-8-18(16)19/h9,11-12,14,21H,1-8,10,13H2,(H2,22,23,24)/b11-9+. The van der Waals surface area contributed by atoms with Gasteiger partial charge in [0, 0.05) is 17.6 Å². The third kappa shape index (κ3) is 4.19. The molecule has 1 aliphatic heterocycles. The van der Waals surface area contributed by atoms with E-state index in [1.807, 2.05) is 0 Å². The molecule has 0 bridgehead atoms. The van der Waals surface area contributed by atoms with Crippen LogP contribution in [0.2, 0.25) is 0 Å².